The van der Waals surface area contributed by atoms with E-state index in [0.29, 0.717) is 31.1 Å². The third kappa shape index (κ3) is 9.46. The van der Waals surface area contributed by atoms with Gasteiger partial charge < -0.3 is 55.7 Å². The molecule has 1 spiro atoms. The van der Waals surface area contributed by atoms with E-state index in [9.17, 15) is 25.5 Å². The third-order valence-electron chi connectivity index (χ3n) is 16.0. The maximum absolute atomic E-state index is 11.5. The van der Waals surface area contributed by atoms with E-state index in [1.165, 1.54) is 29.5 Å². The van der Waals surface area contributed by atoms with Gasteiger partial charge in [-0.1, -0.05) is 68.2 Å². The van der Waals surface area contributed by atoms with E-state index < -0.39 is 18.3 Å². The number of nitrogens with two attached hydrogens (primary N) is 1. The molecule has 360 valence electrons. The summed E-state index contributed by atoms with van der Waals surface area (Å²) in [5.74, 6) is 3.15. The van der Waals surface area contributed by atoms with Gasteiger partial charge in [0.1, 0.15) is 24.2 Å². The molecule has 11 rings (SSSR count). The van der Waals surface area contributed by atoms with Crippen LogP contribution in [-0.2, 0) is 25.9 Å². The Morgan fingerprint density at radius 2 is 1.84 bits per heavy atom. The summed E-state index contributed by atoms with van der Waals surface area (Å²) in [5, 5.41) is 60.8. The van der Waals surface area contributed by atoms with Gasteiger partial charge in [-0.05, 0) is 139 Å². The second kappa shape index (κ2) is 20.1. The predicted molar refractivity (Wildman–Crippen MR) is 268 cm³/mol. The van der Waals surface area contributed by atoms with Crippen molar-refractivity contribution in [3.63, 3.8) is 0 Å². The number of furan rings is 1. The zero-order valence-corrected chi connectivity index (χ0v) is 39.4. The van der Waals surface area contributed by atoms with Crippen LogP contribution in [0.15, 0.2) is 89.5 Å². The molecule has 68 heavy (non-hydrogen) atoms. The van der Waals surface area contributed by atoms with Gasteiger partial charge in [-0.3, -0.25) is 0 Å². The third-order valence-corrected chi connectivity index (χ3v) is 16.0. The van der Waals surface area contributed by atoms with Gasteiger partial charge in [-0.25, -0.2) is 0 Å². The maximum atomic E-state index is 11.5. The molecular weight excluding hydrogens is 853 g/mol. The summed E-state index contributed by atoms with van der Waals surface area (Å²) in [6.45, 7) is 3.03. The molecule has 11 heteroatoms. The van der Waals surface area contributed by atoms with Crippen molar-refractivity contribution in [2.75, 3.05) is 19.7 Å². The molecule has 0 aliphatic heterocycles. The Bertz CT molecular complexity index is 2760. The van der Waals surface area contributed by atoms with Crippen molar-refractivity contribution in [1.29, 1.82) is 0 Å². The summed E-state index contributed by atoms with van der Waals surface area (Å²) >= 11 is 0. The lowest BCUT2D eigenvalue weighted by atomic mass is 9.64. The molecule has 3 aromatic carbocycles. The number of fused-ring (bicyclic) bond motifs is 4. The number of hydrogen-bond donors (Lipinski definition) is 9. The Labute approximate surface area is 399 Å². The van der Waals surface area contributed by atoms with Gasteiger partial charge in [0.25, 0.3) is 0 Å². The molecule has 1 fully saturated rings. The lowest BCUT2D eigenvalue weighted by Gasteiger charge is -2.41. The number of H-pyrrole nitrogens is 2. The first-order valence-corrected chi connectivity index (χ1v) is 25.4. The van der Waals surface area contributed by atoms with E-state index in [4.69, 9.17) is 14.9 Å². The molecule has 0 amide bonds. The highest BCUT2D eigenvalue weighted by atomic mass is 16.5. The number of aromatic hydroxyl groups is 1. The molecule has 9 atom stereocenters. The average Bonchev–Trinajstić information content (AvgIpc) is 4.15. The van der Waals surface area contributed by atoms with Gasteiger partial charge in [-0.15, -0.1) is 0 Å². The second-order valence-electron chi connectivity index (χ2n) is 20.6. The van der Waals surface area contributed by atoms with Crippen molar-refractivity contribution < 1.29 is 34.7 Å². The van der Waals surface area contributed by atoms with Crippen LogP contribution in [0.1, 0.15) is 146 Å². The van der Waals surface area contributed by atoms with Crippen LogP contribution in [0, 0.1) is 17.3 Å². The van der Waals surface area contributed by atoms with Gasteiger partial charge in [0.15, 0.2) is 11.5 Å². The summed E-state index contributed by atoms with van der Waals surface area (Å²) in [7, 11) is 0. The van der Waals surface area contributed by atoms with Gasteiger partial charge in [-0.2, -0.15) is 0 Å². The normalized spacial score (nSPS) is 24.0. The Hall–Kier alpha value is -5.14. The van der Waals surface area contributed by atoms with E-state index in [1.54, 1.807) is 6.07 Å². The summed E-state index contributed by atoms with van der Waals surface area (Å²) in [4.78, 5) is 6.90. The van der Waals surface area contributed by atoms with Gasteiger partial charge in [0, 0.05) is 83.8 Å². The highest BCUT2D eigenvalue weighted by Gasteiger charge is 2.53. The molecule has 3 heterocycles. The van der Waals surface area contributed by atoms with E-state index in [0.717, 1.165) is 120 Å². The molecule has 11 nitrogen and oxygen atoms in total. The zero-order valence-electron chi connectivity index (χ0n) is 39.4. The molecule has 5 aliphatic rings. The average molecular weight is 923 g/mol. The fourth-order valence-electron chi connectivity index (χ4n) is 12.4. The highest BCUT2D eigenvalue weighted by molar-refractivity contribution is 6.01. The first-order valence-electron chi connectivity index (χ1n) is 25.4. The van der Waals surface area contributed by atoms with Crippen LogP contribution >= 0.6 is 0 Å². The monoisotopic (exact) mass is 923 g/mol. The Morgan fingerprint density at radius 1 is 0.956 bits per heavy atom. The van der Waals surface area contributed by atoms with Crippen molar-refractivity contribution >= 4 is 27.8 Å². The van der Waals surface area contributed by atoms with Crippen molar-refractivity contribution in [1.82, 2.24) is 15.3 Å². The van der Waals surface area contributed by atoms with E-state index in [2.05, 4.69) is 76.0 Å². The number of rotatable bonds is 21. The molecule has 6 aromatic rings. The van der Waals surface area contributed by atoms with Crippen LogP contribution in [-0.4, -0.2) is 67.3 Å². The molecule has 3 aromatic heterocycles. The minimum absolute atomic E-state index is 0.00824. The van der Waals surface area contributed by atoms with Crippen LogP contribution in [0.4, 0.5) is 0 Å². The van der Waals surface area contributed by atoms with E-state index in [-0.39, 0.29) is 48.2 Å². The number of aliphatic hydroxyl groups is 4. The molecule has 5 aliphatic carbocycles. The van der Waals surface area contributed by atoms with Gasteiger partial charge in [0.2, 0.25) is 0 Å². The minimum Gasteiger partial charge on any atom is -0.504 e. The molecule has 1 saturated carbocycles. The first-order chi connectivity index (χ1) is 33.1. The fraction of sp³-hybridized carbons (Fsp3) is 0.474. The minimum atomic E-state index is -0.913. The zero-order chi connectivity index (χ0) is 46.9. The number of benzene rings is 3. The Kier molecular flexibility index (Phi) is 13.7. The second-order valence-corrected chi connectivity index (χ2v) is 20.6. The lowest BCUT2D eigenvalue weighted by Crippen LogP contribution is -2.39. The van der Waals surface area contributed by atoms with Gasteiger partial charge >= 0.3 is 0 Å². The molecule has 0 unspecified atom stereocenters. The van der Waals surface area contributed by atoms with E-state index in [1.807, 2.05) is 31.3 Å². The van der Waals surface area contributed by atoms with Crippen molar-refractivity contribution in [2.24, 2.45) is 23.0 Å². The van der Waals surface area contributed by atoms with E-state index >= 15 is 0 Å². The number of nitrogens with one attached hydrogen (secondary N) is 3. The number of allylic oxidation sites excluding steroid dienone is 2. The van der Waals surface area contributed by atoms with Crippen LogP contribution in [0.25, 0.3) is 27.8 Å². The lowest BCUT2D eigenvalue weighted by molar-refractivity contribution is 0.103. The summed E-state index contributed by atoms with van der Waals surface area (Å²) in [5.41, 5.74) is 14.9. The van der Waals surface area contributed by atoms with Crippen molar-refractivity contribution in [3.8, 4) is 11.5 Å². The molecule has 0 saturated heterocycles. The molecule has 2 bridgehead atoms. The fourth-order valence-corrected chi connectivity index (χ4v) is 12.4. The molecule has 0 radical (unpaired) electrons. The number of aryl methyl sites for hydroxylation is 3. The molecule has 10 N–H and O–H groups in total. The highest BCUT2D eigenvalue weighted by Crippen LogP contribution is 2.62. The smallest absolute Gasteiger partial charge is 0.161 e. The first kappa shape index (κ1) is 46.6. The Balaban J connectivity index is 0.676. The van der Waals surface area contributed by atoms with Crippen molar-refractivity contribution in [2.45, 2.75) is 133 Å². The van der Waals surface area contributed by atoms with Crippen LogP contribution in [0.3, 0.4) is 0 Å². The van der Waals surface area contributed by atoms with Crippen LogP contribution in [0.2, 0.25) is 0 Å². The number of aliphatic hydroxyl groups excluding tert-OH is 4. The topological polar surface area (TPSA) is 193 Å². The predicted octanol–water partition coefficient (Wildman–Crippen LogP) is 9.82. The summed E-state index contributed by atoms with van der Waals surface area (Å²) in [6.07, 6.45) is 21.7. The van der Waals surface area contributed by atoms with Crippen LogP contribution in [0.5, 0.6) is 11.5 Å². The molecular formula is C57H70N4O7. The van der Waals surface area contributed by atoms with Crippen LogP contribution < -0.4 is 15.8 Å². The summed E-state index contributed by atoms with van der Waals surface area (Å²) < 4.78 is 12.4. The largest absolute Gasteiger partial charge is 0.504 e. The number of phenols is 1. The number of hydrogen-bond acceptors (Lipinski definition) is 9. The number of ether oxygens (including phenoxy) is 1. The number of unbranched alkanes of at least 4 members (excludes halogenated alkanes) is 3. The Morgan fingerprint density at radius 3 is 2.71 bits per heavy atom. The SMILES string of the molecule is C[C@H](O)CNC[C@H]1c2cc([C@@H](O)COc3cc(CCc4cc(CO)c(CCCCCC[C@H](N)C[C@H]5C=Cc6c(ccc7cc8[nH]ccc8cc67)[C@@H]5O)o4)ccc3O)[nH]c2[C@H]2C=C[C@@]13CCC[C@@H]3C2. The number of phenolic OH excluding ortho intramolecular Hbond substituents is 1. The quantitative estimate of drug-likeness (QED) is 0.0250. The number of aromatic nitrogens is 2. The maximum Gasteiger partial charge on any atom is 0.161 e. The van der Waals surface area contributed by atoms with Gasteiger partial charge in [0.05, 0.1) is 18.8 Å². The summed E-state index contributed by atoms with van der Waals surface area (Å²) in [6, 6.07) is 20.1. The standard InChI is InChI=1S/C57H70N4O7/c1-34(63)30-59-31-48-47-29-50(61-55(47)38-18-21-57(48)20-6-7-41(57)24-38)52(65)33-67-54-23-35(11-17-51(54)64)10-14-43-26-40(32-62)53(68-43)9-5-3-2-4-8-42(58)25-39-13-15-44-45(56(39)66)16-12-36-28-49-37(19-22-60-49)27-46(36)44/h11-13,15-19,21-23,26-29,34,38-39,41-42,48,52,56,59-66H,2-10,14,20,24-25,30-33,58H2,1H3/t34-,38-,39+,41+,42-,48-,52-,56+,57+/m0/s1. The van der Waals surface area contributed by atoms with Crippen molar-refractivity contribution in [3.05, 3.63) is 136 Å². The number of aromatic amines is 2.